The first-order chi connectivity index (χ1) is 15.3. The Morgan fingerprint density at radius 1 is 1.16 bits per heavy atom. The molecule has 2 aliphatic rings. The Balaban J connectivity index is 1.37. The minimum Gasteiger partial charge on any atom is -0.468 e. The van der Waals surface area contributed by atoms with Crippen molar-refractivity contribution < 1.29 is 27.3 Å². The molecule has 1 fully saturated rings. The van der Waals surface area contributed by atoms with E-state index in [1.54, 1.807) is 11.1 Å². The number of hydrogen-bond acceptors (Lipinski definition) is 6. The van der Waals surface area contributed by atoms with Crippen molar-refractivity contribution in [2.45, 2.75) is 12.3 Å². The summed E-state index contributed by atoms with van der Waals surface area (Å²) in [6, 6.07) is 11.1. The zero-order valence-corrected chi connectivity index (χ0v) is 17.4. The summed E-state index contributed by atoms with van der Waals surface area (Å²) in [4.78, 5) is 29.0. The van der Waals surface area contributed by atoms with Gasteiger partial charge in [0.2, 0.25) is 5.88 Å². The highest BCUT2D eigenvalue weighted by Crippen LogP contribution is 2.23. The third kappa shape index (κ3) is 4.87. The van der Waals surface area contributed by atoms with Crippen LogP contribution in [0.5, 0.6) is 5.88 Å². The summed E-state index contributed by atoms with van der Waals surface area (Å²) in [6.07, 6.45) is -1.89. The summed E-state index contributed by atoms with van der Waals surface area (Å²) in [6.45, 7) is 0.449. The van der Waals surface area contributed by atoms with Crippen molar-refractivity contribution in [3.05, 3.63) is 48.3 Å². The van der Waals surface area contributed by atoms with Crippen LogP contribution in [0.3, 0.4) is 0 Å². The van der Waals surface area contributed by atoms with Crippen molar-refractivity contribution in [1.29, 1.82) is 0 Å². The number of aromatic nitrogens is 2. The molecule has 3 heterocycles. The minimum absolute atomic E-state index is 0.105. The number of alkyl halides is 3. The number of aliphatic imine (C=N–C) groups is 1. The van der Waals surface area contributed by atoms with Gasteiger partial charge in [0, 0.05) is 37.8 Å². The molecule has 8 nitrogen and oxygen atoms in total. The molecule has 0 saturated carbocycles. The average molecular weight is 447 g/mol. The van der Waals surface area contributed by atoms with E-state index in [-0.39, 0.29) is 18.0 Å². The first kappa shape index (κ1) is 21.7. The Kier molecular flexibility index (Phi) is 6.06. The van der Waals surface area contributed by atoms with Crippen LogP contribution >= 0.6 is 0 Å². The van der Waals surface area contributed by atoms with E-state index in [0.717, 1.165) is 5.56 Å². The van der Waals surface area contributed by atoms with Crippen LogP contribution in [0.15, 0.2) is 47.7 Å². The average Bonchev–Trinajstić information content (AvgIpc) is 3.19. The highest BCUT2D eigenvalue weighted by atomic mass is 19.4. The van der Waals surface area contributed by atoms with Crippen molar-refractivity contribution >= 4 is 23.7 Å². The van der Waals surface area contributed by atoms with E-state index >= 15 is 0 Å². The third-order valence-electron chi connectivity index (χ3n) is 5.30. The summed E-state index contributed by atoms with van der Waals surface area (Å²) < 4.78 is 43.6. The first-order valence-electron chi connectivity index (χ1n) is 10.1. The maximum absolute atomic E-state index is 13.0. The Morgan fingerprint density at radius 2 is 1.88 bits per heavy atom. The molecule has 1 unspecified atom stereocenters. The lowest BCUT2D eigenvalue weighted by Crippen LogP contribution is -2.51. The van der Waals surface area contributed by atoms with Crippen molar-refractivity contribution in [2.75, 3.05) is 44.7 Å². The number of benzene rings is 1. The van der Waals surface area contributed by atoms with Gasteiger partial charge in [-0.25, -0.2) is 15.0 Å². The van der Waals surface area contributed by atoms with E-state index in [9.17, 15) is 18.0 Å². The van der Waals surface area contributed by atoms with E-state index in [0.29, 0.717) is 37.7 Å². The van der Waals surface area contributed by atoms with Gasteiger partial charge in [-0.15, -0.1) is 0 Å². The number of carbonyl (C=O) groups excluding carboxylic acids is 1. The first-order valence-corrected chi connectivity index (χ1v) is 10.1. The predicted molar refractivity (Wildman–Crippen MR) is 111 cm³/mol. The molecule has 1 amide bonds. The third-order valence-corrected chi connectivity index (χ3v) is 5.30. The summed E-state index contributed by atoms with van der Waals surface area (Å²) >= 11 is 0. The molecule has 1 saturated heterocycles. The van der Waals surface area contributed by atoms with Crippen molar-refractivity contribution in [3.8, 4) is 5.88 Å². The molecule has 0 N–H and O–H groups in total. The standard InChI is InChI=1S/C21H22F3N6O2/c1-28-16(12-25-19(28)15-5-3-2-4-6-15)20(31)30-9-7-29(8-10-30)17-11-18(27-14-26-17)32-13-21(22,23)24/h2-6,11-12,14,19H,7-10,13H2,1H3/q+1. The van der Waals surface area contributed by atoms with E-state index < -0.39 is 12.8 Å². The second-order valence-corrected chi connectivity index (χ2v) is 7.46. The molecule has 1 atom stereocenters. The molecule has 32 heavy (non-hydrogen) atoms. The predicted octanol–water partition coefficient (Wildman–Crippen LogP) is 1.93. The molecule has 4 rings (SSSR count). The molecule has 2 aliphatic heterocycles. The highest BCUT2D eigenvalue weighted by Gasteiger charge is 2.36. The molecule has 1 aromatic carbocycles. The van der Waals surface area contributed by atoms with Gasteiger partial charge in [-0.05, 0) is 0 Å². The number of ether oxygens (including phenoxy) is 1. The number of rotatable bonds is 5. The molecule has 0 spiro atoms. The Labute approximate surface area is 182 Å². The fourth-order valence-corrected chi connectivity index (χ4v) is 3.64. The second kappa shape index (κ2) is 8.93. The van der Waals surface area contributed by atoms with Gasteiger partial charge < -0.3 is 14.5 Å². The lowest BCUT2D eigenvalue weighted by atomic mass is 10.2. The second-order valence-electron chi connectivity index (χ2n) is 7.46. The largest absolute Gasteiger partial charge is 0.468 e. The fourth-order valence-electron chi connectivity index (χ4n) is 3.64. The van der Waals surface area contributed by atoms with Crippen molar-refractivity contribution in [1.82, 2.24) is 14.9 Å². The SMILES string of the molecule is C[N+]1=C(C(=O)N2CCN(c3cc(OCC(F)(F)F)ncn3)CC2)C=NC1c1ccccc1. The maximum Gasteiger partial charge on any atom is 0.422 e. The van der Waals surface area contributed by atoms with Gasteiger partial charge in [0.25, 0.3) is 11.9 Å². The number of nitrogens with zero attached hydrogens (tertiary/aromatic N) is 6. The number of piperazine rings is 1. The molecule has 0 bridgehead atoms. The molecule has 0 radical (unpaired) electrons. The summed E-state index contributed by atoms with van der Waals surface area (Å²) in [5.41, 5.74) is 1.53. The Bertz CT molecular complexity index is 1030. The Morgan fingerprint density at radius 3 is 2.56 bits per heavy atom. The van der Waals surface area contributed by atoms with Crippen LogP contribution in [0.2, 0.25) is 0 Å². The minimum atomic E-state index is -4.44. The number of halogens is 3. The summed E-state index contributed by atoms with van der Waals surface area (Å²) in [5, 5.41) is 0. The van der Waals surface area contributed by atoms with E-state index in [2.05, 4.69) is 15.0 Å². The normalized spacial score (nSPS) is 18.9. The van der Waals surface area contributed by atoms with Gasteiger partial charge in [-0.2, -0.15) is 17.7 Å². The number of anilines is 1. The molecule has 168 valence electrons. The van der Waals surface area contributed by atoms with Gasteiger partial charge in [0.1, 0.15) is 25.4 Å². The monoisotopic (exact) mass is 447 g/mol. The molecular formula is C21H22F3N6O2+. The molecule has 11 heteroatoms. The van der Waals surface area contributed by atoms with Crippen molar-refractivity contribution in [2.24, 2.45) is 4.99 Å². The number of carbonyl (C=O) groups is 1. The van der Waals surface area contributed by atoms with Crippen LogP contribution < -0.4 is 9.64 Å². The number of hydrogen-bond donors (Lipinski definition) is 0. The van der Waals surface area contributed by atoms with Gasteiger partial charge in [-0.3, -0.25) is 4.79 Å². The van der Waals surface area contributed by atoms with Crippen LogP contribution in [0, 0.1) is 0 Å². The quantitative estimate of drug-likeness (QED) is 0.655. The highest BCUT2D eigenvalue weighted by molar-refractivity contribution is 6.59. The van der Waals surface area contributed by atoms with Crippen LogP contribution in [-0.2, 0) is 4.79 Å². The number of amides is 1. The van der Waals surface area contributed by atoms with Crippen molar-refractivity contribution in [3.63, 3.8) is 0 Å². The Hall–Kier alpha value is -3.50. The van der Waals surface area contributed by atoms with Crippen LogP contribution in [0.4, 0.5) is 19.0 Å². The topological polar surface area (TPSA) is 73.9 Å². The lowest BCUT2D eigenvalue weighted by molar-refractivity contribution is -0.536. The molecule has 1 aromatic heterocycles. The van der Waals surface area contributed by atoms with E-state index in [1.807, 2.05) is 46.9 Å². The smallest absolute Gasteiger partial charge is 0.422 e. The van der Waals surface area contributed by atoms with E-state index in [1.165, 1.54) is 12.4 Å². The molecular weight excluding hydrogens is 425 g/mol. The van der Waals surface area contributed by atoms with Gasteiger partial charge in [-0.1, -0.05) is 30.3 Å². The van der Waals surface area contributed by atoms with Crippen LogP contribution in [0.1, 0.15) is 11.7 Å². The lowest BCUT2D eigenvalue weighted by Gasteiger charge is -2.34. The van der Waals surface area contributed by atoms with Crippen LogP contribution in [-0.4, -0.2) is 83.3 Å². The molecule has 2 aromatic rings. The summed E-state index contributed by atoms with van der Waals surface area (Å²) in [7, 11) is 1.84. The maximum atomic E-state index is 13.0. The fraction of sp³-hybridized carbons (Fsp3) is 0.381. The zero-order valence-electron chi connectivity index (χ0n) is 17.4. The van der Waals surface area contributed by atoms with Crippen LogP contribution in [0.25, 0.3) is 0 Å². The zero-order chi connectivity index (χ0) is 22.7. The van der Waals surface area contributed by atoms with Gasteiger partial charge in [0.05, 0.1) is 0 Å². The van der Waals surface area contributed by atoms with E-state index in [4.69, 9.17) is 4.74 Å². The summed E-state index contributed by atoms with van der Waals surface area (Å²) in [5.74, 6) is 0.212. The van der Waals surface area contributed by atoms with Gasteiger partial charge in [0.15, 0.2) is 6.61 Å². The molecule has 0 aliphatic carbocycles. The van der Waals surface area contributed by atoms with Gasteiger partial charge >= 0.3 is 12.1 Å².